The molecule has 1 saturated heterocycles. The second-order valence-corrected chi connectivity index (χ2v) is 4.84. The third-order valence-corrected chi connectivity index (χ3v) is 3.57. The van der Waals surface area contributed by atoms with Crippen molar-refractivity contribution < 1.29 is 4.74 Å². The van der Waals surface area contributed by atoms with Gasteiger partial charge in [-0.2, -0.15) is 0 Å². The fourth-order valence-electron chi connectivity index (χ4n) is 2.33. The molecule has 1 atom stereocenters. The number of hydrogen-bond acceptors (Lipinski definition) is 2. The first-order valence-electron chi connectivity index (χ1n) is 5.82. The van der Waals surface area contributed by atoms with Crippen LogP contribution in [0, 0.1) is 0 Å². The van der Waals surface area contributed by atoms with Gasteiger partial charge in [0, 0.05) is 37.2 Å². The highest BCUT2D eigenvalue weighted by Gasteiger charge is 2.16. The lowest BCUT2D eigenvalue weighted by Gasteiger charge is -2.24. The van der Waals surface area contributed by atoms with Gasteiger partial charge in [-0.3, -0.25) is 0 Å². The summed E-state index contributed by atoms with van der Waals surface area (Å²) in [4.78, 5) is 0. The first kappa shape index (κ1) is 11.1. The van der Waals surface area contributed by atoms with E-state index in [0.29, 0.717) is 0 Å². The van der Waals surface area contributed by atoms with Crippen LogP contribution in [0.5, 0.6) is 0 Å². The van der Waals surface area contributed by atoms with Crippen LogP contribution in [0.25, 0.3) is 10.9 Å². The Bertz CT molecular complexity index is 544. The van der Waals surface area contributed by atoms with Gasteiger partial charge in [-0.25, -0.2) is 0 Å². The van der Waals surface area contributed by atoms with Gasteiger partial charge in [-0.05, 0) is 11.6 Å². The average molecular weight is 251 g/mol. The number of morpholine rings is 1. The molecule has 1 N–H and O–H groups in total. The van der Waals surface area contributed by atoms with E-state index in [-0.39, 0.29) is 6.10 Å². The van der Waals surface area contributed by atoms with Gasteiger partial charge in [0.1, 0.15) is 0 Å². The summed E-state index contributed by atoms with van der Waals surface area (Å²) in [6.07, 6.45) is 2.09. The van der Waals surface area contributed by atoms with Crippen LogP contribution in [0.2, 0.25) is 5.02 Å². The van der Waals surface area contributed by atoms with E-state index in [4.69, 9.17) is 16.3 Å². The predicted molar refractivity (Wildman–Crippen MR) is 69.5 cm³/mol. The molecule has 0 aliphatic carbocycles. The fourth-order valence-corrected chi connectivity index (χ4v) is 2.64. The van der Waals surface area contributed by atoms with Crippen molar-refractivity contribution in [1.82, 2.24) is 9.88 Å². The van der Waals surface area contributed by atoms with Crippen LogP contribution in [0.3, 0.4) is 0 Å². The first-order valence-corrected chi connectivity index (χ1v) is 6.20. The van der Waals surface area contributed by atoms with Gasteiger partial charge in [0.05, 0.1) is 17.7 Å². The number of nitrogens with one attached hydrogen (secondary N) is 1. The standard InChI is InChI=1S/C13H15ClN2O/c1-16-8-11(14)10-3-2-9(6-12(10)16)13-7-15-4-5-17-13/h2-3,6,8,13,15H,4-5,7H2,1H3. The molecule has 1 aromatic heterocycles. The molecule has 1 unspecified atom stereocenters. The van der Waals surface area contributed by atoms with E-state index in [1.165, 1.54) is 5.56 Å². The van der Waals surface area contributed by atoms with Crippen LogP contribution in [0.1, 0.15) is 11.7 Å². The summed E-state index contributed by atoms with van der Waals surface area (Å²) in [5.74, 6) is 0. The zero-order valence-electron chi connectivity index (χ0n) is 9.74. The molecule has 0 amide bonds. The second-order valence-electron chi connectivity index (χ2n) is 4.43. The smallest absolute Gasteiger partial charge is 0.0950 e. The molecule has 1 fully saturated rings. The molecule has 0 radical (unpaired) electrons. The van der Waals surface area contributed by atoms with Crippen molar-refractivity contribution in [3.8, 4) is 0 Å². The normalized spacial score (nSPS) is 20.9. The molecule has 1 aromatic carbocycles. The molecule has 4 heteroatoms. The molecule has 1 aliphatic rings. The van der Waals surface area contributed by atoms with Crippen molar-refractivity contribution in [2.75, 3.05) is 19.7 Å². The van der Waals surface area contributed by atoms with Gasteiger partial charge in [-0.15, -0.1) is 0 Å². The third-order valence-electron chi connectivity index (χ3n) is 3.27. The molecule has 0 spiro atoms. The Morgan fingerprint density at radius 2 is 2.35 bits per heavy atom. The number of aromatic nitrogens is 1. The van der Waals surface area contributed by atoms with E-state index in [9.17, 15) is 0 Å². The van der Waals surface area contributed by atoms with Gasteiger partial charge in [0.15, 0.2) is 0 Å². The molecule has 2 aromatic rings. The number of ether oxygens (including phenoxy) is 1. The highest BCUT2D eigenvalue weighted by atomic mass is 35.5. The van der Waals surface area contributed by atoms with Gasteiger partial charge in [0.2, 0.25) is 0 Å². The van der Waals surface area contributed by atoms with Crippen molar-refractivity contribution in [2.24, 2.45) is 7.05 Å². The highest BCUT2D eigenvalue weighted by molar-refractivity contribution is 6.35. The van der Waals surface area contributed by atoms with Crippen molar-refractivity contribution >= 4 is 22.5 Å². The fraction of sp³-hybridized carbons (Fsp3) is 0.385. The van der Waals surface area contributed by atoms with Gasteiger partial charge >= 0.3 is 0 Å². The molecular weight excluding hydrogens is 236 g/mol. The van der Waals surface area contributed by atoms with Crippen LogP contribution in [-0.2, 0) is 11.8 Å². The minimum absolute atomic E-state index is 0.154. The molecule has 3 nitrogen and oxygen atoms in total. The summed E-state index contributed by atoms with van der Waals surface area (Å²) < 4.78 is 7.81. The predicted octanol–water partition coefficient (Wildman–Crippen LogP) is 2.49. The molecule has 0 bridgehead atoms. The topological polar surface area (TPSA) is 26.2 Å². The van der Waals surface area contributed by atoms with Gasteiger partial charge in [-0.1, -0.05) is 23.7 Å². The first-order chi connectivity index (χ1) is 8.25. The lowest BCUT2D eigenvalue weighted by Crippen LogP contribution is -2.33. The minimum Gasteiger partial charge on any atom is -0.371 e. The maximum Gasteiger partial charge on any atom is 0.0950 e. The number of nitrogens with zero attached hydrogens (tertiary/aromatic N) is 1. The molecule has 1 aliphatic heterocycles. The van der Waals surface area contributed by atoms with E-state index >= 15 is 0 Å². The Labute approximate surface area is 105 Å². The second kappa shape index (κ2) is 4.33. The number of aryl methyl sites for hydroxylation is 1. The number of hydrogen-bond donors (Lipinski definition) is 1. The van der Waals surface area contributed by atoms with Crippen LogP contribution < -0.4 is 5.32 Å². The molecule has 17 heavy (non-hydrogen) atoms. The number of fused-ring (bicyclic) bond motifs is 1. The summed E-state index contributed by atoms with van der Waals surface area (Å²) in [5.41, 5.74) is 2.37. The summed E-state index contributed by atoms with van der Waals surface area (Å²) in [5, 5.41) is 5.24. The number of rotatable bonds is 1. The summed E-state index contributed by atoms with van der Waals surface area (Å²) >= 11 is 6.15. The van der Waals surface area contributed by atoms with Crippen LogP contribution in [-0.4, -0.2) is 24.3 Å². The molecule has 2 heterocycles. The Morgan fingerprint density at radius 1 is 1.47 bits per heavy atom. The quantitative estimate of drug-likeness (QED) is 0.842. The SMILES string of the molecule is Cn1cc(Cl)c2ccc(C3CNCCO3)cc21. The van der Waals surface area contributed by atoms with E-state index in [1.54, 1.807) is 0 Å². The summed E-state index contributed by atoms with van der Waals surface area (Å²) in [6.45, 7) is 2.59. The van der Waals surface area contributed by atoms with E-state index < -0.39 is 0 Å². The Balaban J connectivity index is 2.03. The molecular formula is C13H15ClN2O. The van der Waals surface area contributed by atoms with Gasteiger partial charge < -0.3 is 14.6 Å². The Morgan fingerprint density at radius 3 is 3.12 bits per heavy atom. The minimum atomic E-state index is 0.154. The maximum absolute atomic E-state index is 6.15. The monoisotopic (exact) mass is 250 g/mol. The lowest BCUT2D eigenvalue weighted by atomic mass is 10.1. The third kappa shape index (κ3) is 1.95. The summed E-state index contributed by atoms with van der Waals surface area (Å²) in [6, 6.07) is 6.34. The molecule has 90 valence electrons. The van der Waals surface area contributed by atoms with Crippen LogP contribution in [0.15, 0.2) is 24.4 Å². The largest absolute Gasteiger partial charge is 0.371 e. The molecule has 0 saturated carbocycles. The zero-order chi connectivity index (χ0) is 11.8. The van der Waals surface area contributed by atoms with Crippen molar-refractivity contribution in [1.29, 1.82) is 0 Å². The zero-order valence-corrected chi connectivity index (χ0v) is 10.5. The van der Waals surface area contributed by atoms with E-state index in [1.807, 2.05) is 13.2 Å². The maximum atomic E-state index is 6.15. The van der Waals surface area contributed by atoms with Gasteiger partial charge in [0.25, 0.3) is 0 Å². The lowest BCUT2D eigenvalue weighted by molar-refractivity contribution is 0.0278. The molecule has 3 rings (SSSR count). The van der Waals surface area contributed by atoms with Crippen molar-refractivity contribution in [3.63, 3.8) is 0 Å². The van der Waals surface area contributed by atoms with Crippen molar-refractivity contribution in [2.45, 2.75) is 6.10 Å². The van der Waals surface area contributed by atoms with Crippen LogP contribution >= 0.6 is 11.6 Å². The number of halogens is 1. The van der Waals surface area contributed by atoms with E-state index in [0.717, 1.165) is 35.6 Å². The Kier molecular flexibility index (Phi) is 2.82. The number of benzene rings is 1. The van der Waals surface area contributed by atoms with Crippen molar-refractivity contribution in [3.05, 3.63) is 35.0 Å². The average Bonchev–Trinajstić information content (AvgIpc) is 2.66. The Hall–Kier alpha value is -1.03. The summed E-state index contributed by atoms with van der Waals surface area (Å²) in [7, 11) is 2.01. The van der Waals surface area contributed by atoms with Crippen LogP contribution in [0.4, 0.5) is 0 Å². The highest BCUT2D eigenvalue weighted by Crippen LogP contribution is 2.28. The van der Waals surface area contributed by atoms with E-state index in [2.05, 4.69) is 28.1 Å².